The quantitative estimate of drug-likeness (QED) is 0.503. The lowest BCUT2D eigenvalue weighted by Gasteiger charge is -2.26. The van der Waals surface area contributed by atoms with Gasteiger partial charge in [0.1, 0.15) is 11.3 Å². The van der Waals surface area contributed by atoms with Crippen molar-refractivity contribution in [3.05, 3.63) is 82.7 Å². The number of nitrogens with zero attached hydrogens (tertiary/aromatic N) is 2. The molecule has 1 saturated heterocycles. The molecule has 0 spiro atoms. The molecule has 1 fully saturated rings. The SMILES string of the molecule is Cc1ccc(N2C(=O)NC(=O)/C(=C\c3cc(C)n(-c4ccc(O)cc4)c3C)C2=O)cc1. The van der Waals surface area contributed by atoms with Crippen LogP contribution in [0.25, 0.3) is 11.8 Å². The number of carbonyl (C=O) groups excluding carboxylic acids is 3. The normalized spacial score (nSPS) is 15.5. The minimum Gasteiger partial charge on any atom is -0.508 e. The van der Waals surface area contributed by atoms with Gasteiger partial charge in [-0.05, 0) is 74.9 Å². The van der Waals surface area contributed by atoms with E-state index in [-0.39, 0.29) is 11.3 Å². The summed E-state index contributed by atoms with van der Waals surface area (Å²) in [7, 11) is 0. The van der Waals surface area contributed by atoms with E-state index in [1.165, 1.54) is 6.08 Å². The lowest BCUT2D eigenvalue weighted by Crippen LogP contribution is -2.54. The fourth-order valence-corrected chi connectivity index (χ4v) is 3.67. The molecule has 0 bridgehead atoms. The monoisotopic (exact) mass is 415 g/mol. The van der Waals surface area contributed by atoms with Crippen LogP contribution in [0, 0.1) is 20.8 Å². The molecule has 2 aromatic carbocycles. The van der Waals surface area contributed by atoms with Crippen LogP contribution in [0.15, 0.2) is 60.2 Å². The van der Waals surface area contributed by atoms with E-state index < -0.39 is 17.8 Å². The van der Waals surface area contributed by atoms with Crippen LogP contribution in [0.4, 0.5) is 10.5 Å². The lowest BCUT2D eigenvalue weighted by molar-refractivity contribution is -0.122. The Morgan fingerprint density at radius 2 is 1.48 bits per heavy atom. The molecule has 3 aromatic rings. The second-order valence-electron chi connectivity index (χ2n) is 7.47. The number of urea groups is 1. The molecular weight excluding hydrogens is 394 g/mol. The lowest BCUT2D eigenvalue weighted by atomic mass is 10.1. The van der Waals surface area contributed by atoms with Gasteiger partial charge in [-0.3, -0.25) is 14.9 Å². The third kappa shape index (κ3) is 3.61. The molecule has 7 nitrogen and oxygen atoms in total. The van der Waals surface area contributed by atoms with Crippen LogP contribution < -0.4 is 10.2 Å². The van der Waals surface area contributed by atoms with E-state index in [2.05, 4.69) is 5.32 Å². The largest absolute Gasteiger partial charge is 0.508 e. The number of aromatic hydroxyl groups is 1. The van der Waals surface area contributed by atoms with Crippen molar-refractivity contribution in [3.63, 3.8) is 0 Å². The Balaban J connectivity index is 1.75. The summed E-state index contributed by atoms with van der Waals surface area (Å²) in [5, 5.41) is 11.8. The number of phenols is 1. The summed E-state index contributed by atoms with van der Waals surface area (Å²) in [5.41, 5.74) is 4.49. The number of hydrogen-bond donors (Lipinski definition) is 2. The molecule has 0 saturated carbocycles. The van der Waals surface area contributed by atoms with Gasteiger partial charge in [-0.15, -0.1) is 0 Å². The highest BCUT2D eigenvalue weighted by molar-refractivity contribution is 6.39. The fraction of sp³-hybridized carbons (Fsp3) is 0.125. The molecule has 4 amide bonds. The van der Waals surface area contributed by atoms with E-state index in [1.54, 1.807) is 48.5 Å². The second kappa shape index (κ2) is 7.60. The Morgan fingerprint density at radius 1 is 0.871 bits per heavy atom. The Hall–Kier alpha value is -4.13. The number of aryl methyl sites for hydroxylation is 2. The standard InChI is InChI=1S/C24H21N3O4/c1-14-4-6-19(7-5-14)27-23(30)21(22(29)25-24(27)31)13-17-12-15(2)26(16(17)3)18-8-10-20(28)11-9-18/h4-13,28H,1-3H3,(H,25,29,31)/b21-13+. The van der Waals surface area contributed by atoms with Crippen molar-refractivity contribution in [2.75, 3.05) is 4.90 Å². The summed E-state index contributed by atoms with van der Waals surface area (Å²) in [6.07, 6.45) is 1.50. The fourth-order valence-electron chi connectivity index (χ4n) is 3.67. The molecule has 0 unspecified atom stereocenters. The zero-order chi connectivity index (χ0) is 22.3. The maximum Gasteiger partial charge on any atom is 0.335 e. The van der Waals surface area contributed by atoms with Gasteiger partial charge >= 0.3 is 6.03 Å². The van der Waals surface area contributed by atoms with Crippen LogP contribution in [0.2, 0.25) is 0 Å². The zero-order valence-electron chi connectivity index (χ0n) is 17.3. The van der Waals surface area contributed by atoms with Crippen molar-refractivity contribution < 1.29 is 19.5 Å². The summed E-state index contributed by atoms with van der Waals surface area (Å²) >= 11 is 0. The summed E-state index contributed by atoms with van der Waals surface area (Å²) in [4.78, 5) is 38.9. The van der Waals surface area contributed by atoms with E-state index >= 15 is 0 Å². The Bertz CT molecular complexity index is 1240. The molecule has 1 aromatic heterocycles. The predicted octanol–water partition coefficient (Wildman–Crippen LogP) is 3.77. The van der Waals surface area contributed by atoms with E-state index in [9.17, 15) is 19.5 Å². The predicted molar refractivity (Wildman–Crippen MR) is 117 cm³/mol. The van der Waals surface area contributed by atoms with Gasteiger partial charge in [-0.2, -0.15) is 0 Å². The molecular formula is C24H21N3O4. The molecule has 2 N–H and O–H groups in total. The summed E-state index contributed by atoms with van der Waals surface area (Å²) in [6.45, 7) is 5.69. The maximum absolute atomic E-state index is 13.1. The minimum atomic E-state index is -0.773. The van der Waals surface area contributed by atoms with E-state index in [1.807, 2.05) is 31.4 Å². The average Bonchev–Trinajstić information content (AvgIpc) is 3.00. The smallest absolute Gasteiger partial charge is 0.335 e. The van der Waals surface area contributed by atoms with Gasteiger partial charge in [-0.25, -0.2) is 9.69 Å². The van der Waals surface area contributed by atoms with E-state index in [0.29, 0.717) is 11.3 Å². The summed E-state index contributed by atoms with van der Waals surface area (Å²) in [6, 6.07) is 14.7. The molecule has 7 heteroatoms. The molecule has 4 rings (SSSR count). The molecule has 0 aliphatic carbocycles. The van der Waals surface area contributed by atoms with Crippen LogP contribution in [0.3, 0.4) is 0 Å². The average molecular weight is 415 g/mol. The first kappa shape index (κ1) is 20.2. The van der Waals surface area contributed by atoms with Gasteiger partial charge in [0.15, 0.2) is 0 Å². The number of aromatic nitrogens is 1. The van der Waals surface area contributed by atoms with Crippen molar-refractivity contribution in [2.45, 2.75) is 20.8 Å². The number of nitrogens with one attached hydrogen (secondary N) is 1. The zero-order valence-corrected chi connectivity index (χ0v) is 17.3. The van der Waals surface area contributed by atoms with Crippen molar-refractivity contribution >= 4 is 29.6 Å². The van der Waals surface area contributed by atoms with Crippen LogP contribution in [0.1, 0.15) is 22.5 Å². The number of benzene rings is 2. The first-order valence-corrected chi connectivity index (χ1v) is 9.73. The van der Waals surface area contributed by atoms with Crippen LogP contribution in [0.5, 0.6) is 5.75 Å². The number of barbiturate groups is 1. The number of hydrogen-bond acceptors (Lipinski definition) is 4. The van der Waals surface area contributed by atoms with Crippen LogP contribution in [-0.4, -0.2) is 27.5 Å². The first-order valence-electron chi connectivity index (χ1n) is 9.73. The van der Waals surface area contributed by atoms with Crippen LogP contribution >= 0.6 is 0 Å². The number of rotatable bonds is 3. The number of carbonyl (C=O) groups is 3. The Labute approximate surface area is 179 Å². The van der Waals surface area contributed by atoms with Gasteiger partial charge in [0.2, 0.25) is 0 Å². The van der Waals surface area contributed by atoms with Gasteiger partial charge < -0.3 is 9.67 Å². The highest BCUT2D eigenvalue weighted by Crippen LogP contribution is 2.26. The van der Waals surface area contributed by atoms with Crippen molar-refractivity contribution in [3.8, 4) is 11.4 Å². The third-order valence-electron chi connectivity index (χ3n) is 5.27. The topological polar surface area (TPSA) is 91.6 Å². The Kier molecular flexibility index (Phi) is 4.94. The minimum absolute atomic E-state index is 0.119. The van der Waals surface area contributed by atoms with E-state index in [4.69, 9.17) is 0 Å². The molecule has 0 radical (unpaired) electrons. The molecule has 156 valence electrons. The van der Waals surface area contributed by atoms with Crippen LogP contribution in [-0.2, 0) is 9.59 Å². The van der Waals surface area contributed by atoms with Crippen molar-refractivity contribution in [2.24, 2.45) is 0 Å². The molecule has 1 aliphatic heterocycles. The summed E-state index contributed by atoms with van der Waals surface area (Å²) in [5.74, 6) is -1.24. The van der Waals surface area contributed by atoms with Gasteiger partial charge in [0.05, 0.1) is 5.69 Å². The molecule has 2 heterocycles. The summed E-state index contributed by atoms with van der Waals surface area (Å²) < 4.78 is 1.96. The highest BCUT2D eigenvalue weighted by Gasteiger charge is 2.37. The number of anilines is 1. The Morgan fingerprint density at radius 3 is 2.13 bits per heavy atom. The van der Waals surface area contributed by atoms with Crippen molar-refractivity contribution in [1.29, 1.82) is 0 Å². The molecule has 31 heavy (non-hydrogen) atoms. The number of imide groups is 2. The van der Waals surface area contributed by atoms with Gasteiger partial charge in [-0.1, -0.05) is 17.7 Å². The third-order valence-corrected chi connectivity index (χ3v) is 5.27. The van der Waals surface area contributed by atoms with Gasteiger partial charge in [0, 0.05) is 17.1 Å². The van der Waals surface area contributed by atoms with E-state index in [0.717, 1.165) is 27.5 Å². The number of phenolic OH excluding ortho intramolecular Hbond substituents is 1. The number of amides is 4. The van der Waals surface area contributed by atoms with Gasteiger partial charge in [0.25, 0.3) is 11.8 Å². The highest BCUT2D eigenvalue weighted by atomic mass is 16.3. The molecule has 0 atom stereocenters. The maximum atomic E-state index is 13.1. The second-order valence-corrected chi connectivity index (χ2v) is 7.47. The van der Waals surface area contributed by atoms with Crippen molar-refractivity contribution in [1.82, 2.24) is 9.88 Å². The molecule has 1 aliphatic rings. The first-order chi connectivity index (χ1) is 14.8.